The summed E-state index contributed by atoms with van der Waals surface area (Å²) in [6, 6.07) is 0.0595. The molecule has 5 heteroatoms. The van der Waals surface area contributed by atoms with Gasteiger partial charge in [-0.3, -0.25) is 4.79 Å². The molecule has 0 aromatic rings. The third-order valence-corrected chi connectivity index (χ3v) is 2.87. The van der Waals surface area contributed by atoms with Crippen LogP contribution in [0.1, 0.15) is 39.5 Å². The van der Waals surface area contributed by atoms with Gasteiger partial charge in [-0.25, -0.2) is 8.78 Å². The van der Waals surface area contributed by atoms with Crippen molar-refractivity contribution in [2.24, 2.45) is 5.73 Å². The average molecular weight is 220 g/mol. The highest BCUT2D eigenvalue weighted by Gasteiger charge is 2.46. The Morgan fingerprint density at radius 1 is 1.27 bits per heavy atom. The van der Waals surface area contributed by atoms with E-state index in [-0.39, 0.29) is 31.7 Å². The molecule has 0 aromatic heterocycles. The molecule has 1 rings (SSSR count). The molecule has 3 N–H and O–H groups in total. The van der Waals surface area contributed by atoms with E-state index >= 15 is 0 Å². The van der Waals surface area contributed by atoms with Gasteiger partial charge in [-0.1, -0.05) is 0 Å². The van der Waals surface area contributed by atoms with Crippen LogP contribution in [0.2, 0.25) is 0 Å². The summed E-state index contributed by atoms with van der Waals surface area (Å²) in [6.45, 7) is 3.74. The number of nitrogens with one attached hydrogen (secondary N) is 1. The average Bonchev–Trinajstić information content (AvgIpc) is 2.08. The van der Waals surface area contributed by atoms with Crippen LogP contribution in [0.3, 0.4) is 0 Å². The summed E-state index contributed by atoms with van der Waals surface area (Å²) < 4.78 is 25.9. The molecule has 0 saturated heterocycles. The Balaban J connectivity index is 2.73. The van der Waals surface area contributed by atoms with Crippen LogP contribution < -0.4 is 11.1 Å². The molecule has 0 aromatic carbocycles. The predicted molar refractivity (Wildman–Crippen MR) is 53.6 cm³/mol. The first-order chi connectivity index (χ1) is 6.77. The van der Waals surface area contributed by atoms with Gasteiger partial charge in [-0.2, -0.15) is 0 Å². The number of carbonyl (C=O) groups excluding carboxylic acids is 1. The Hall–Kier alpha value is -0.710. The fraction of sp³-hybridized carbons (Fsp3) is 0.900. The molecule has 0 heterocycles. The maximum Gasteiger partial charge on any atom is 0.248 e. The van der Waals surface area contributed by atoms with Crippen LogP contribution in [0.4, 0.5) is 8.78 Å². The number of alkyl halides is 2. The molecule has 0 spiro atoms. The van der Waals surface area contributed by atoms with Crippen molar-refractivity contribution in [3.8, 4) is 0 Å². The van der Waals surface area contributed by atoms with Crippen LogP contribution in [-0.4, -0.2) is 23.4 Å². The van der Waals surface area contributed by atoms with Gasteiger partial charge in [0, 0.05) is 18.9 Å². The largest absolute Gasteiger partial charge is 0.368 e. The van der Waals surface area contributed by atoms with Gasteiger partial charge in [-0.15, -0.1) is 0 Å². The topological polar surface area (TPSA) is 55.1 Å². The van der Waals surface area contributed by atoms with Gasteiger partial charge in [0.15, 0.2) is 0 Å². The molecule has 3 nitrogen and oxygen atoms in total. The third-order valence-electron chi connectivity index (χ3n) is 2.87. The number of hydrogen-bond donors (Lipinski definition) is 2. The first-order valence-electron chi connectivity index (χ1n) is 5.23. The highest BCUT2D eigenvalue weighted by Crippen LogP contribution is 2.38. The number of carbonyl (C=O) groups is 1. The van der Waals surface area contributed by atoms with Crippen LogP contribution >= 0.6 is 0 Å². The normalized spacial score (nSPS) is 24.1. The van der Waals surface area contributed by atoms with Crippen molar-refractivity contribution in [1.82, 2.24) is 5.32 Å². The van der Waals surface area contributed by atoms with E-state index in [1.54, 1.807) is 0 Å². The lowest BCUT2D eigenvalue weighted by molar-refractivity contribution is -0.130. The zero-order valence-corrected chi connectivity index (χ0v) is 9.15. The Labute approximate surface area is 88.4 Å². The first-order valence-corrected chi connectivity index (χ1v) is 5.23. The number of rotatable bonds is 3. The summed E-state index contributed by atoms with van der Waals surface area (Å²) in [4.78, 5) is 11.3. The Morgan fingerprint density at radius 2 is 1.73 bits per heavy atom. The number of primary amides is 1. The predicted octanol–water partition coefficient (Wildman–Crippen LogP) is 1.42. The minimum atomic E-state index is -2.64. The minimum Gasteiger partial charge on any atom is -0.368 e. The van der Waals surface area contributed by atoms with Crippen LogP contribution in [0, 0.1) is 0 Å². The molecule has 15 heavy (non-hydrogen) atoms. The Kier molecular flexibility index (Phi) is 3.33. The second-order valence-corrected chi connectivity index (χ2v) is 4.60. The van der Waals surface area contributed by atoms with Gasteiger partial charge >= 0.3 is 0 Å². The first kappa shape index (κ1) is 12.4. The number of amides is 1. The van der Waals surface area contributed by atoms with E-state index in [0.717, 1.165) is 0 Å². The summed E-state index contributed by atoms with van der Waals surface area (Å²) in [5.41, 5.74) is 4.36. The molecule has 1 aliphatic rings. The lowest BCUT2D eigenvalue weighted by Crippen LogP contribution is -2.60. The van der Waals surface area contributed by atoms with Gasteiger partial charge in [0.25, 0.3) is 0 Å². The zero-order chi connectivity index (χ0) is 11.7. The highest BCUT2D eigenvalue weighted by molar-refractivity contribution is 5.84. The fourth-order valence-electron chi connectivity index (χ4n) is 2.06. The van der Waals surface area contributed by atoms with Gasteiger partial charge < -0.3 is 11.1 Å². The van der Waals surface area contributed by atoms with Crippen molar-refractivity contribution >= 4 is 5.91 Å². The molecular weight excluding hydrogens is 202 g/mol. The second kappa shape index (κ2) is 4.04. The maximum atomic E-state index is 13.0. The maximum absolute atomic E-state index is 13.0. The van der Waals surface area contributed by atoms with Crippen LogP contribution in [0.5, 0.6) is 0 Å². The SMILES string of the molecule is CC(C)NC1(C(N)=O)CCC(F)(F)CC1. The van der Waals surface area contributed by atoms with Gasteiger partial charge in [0.05, 0.1) is 5.54 Å². The third kappa shape index (κ3) is 2.87. The van der Waals surface area contributed by atoms with E-state index in [0.29, 0.717) is 0 Å². The van der Waals surface area contributed by atoms with Gasteiger partial charge in [0.2, 0.25) is 11.8 Å². The van der Waals surface area contributed by atoms with Crippen molar-refractivity contribution in [2.75, 3.05) is 0 Å². The summed E-state index contributed by atoms with van der Waals surface area (Å²) in [5.74, 6) is -3.16. The lowest BCUT2D eigenvalue weighted by atomic mass is 9.79. The molecule has 1 saturated carbocycles. The Morgan fingerprint density at radius 3 is 2.07 bits per heavy atom. The second-order valence-electron chi connectivity index (χ2n) is 4.60. The summed E-state index contributed by atoms with van der Waals surface area (Å²) in [6.07, 6.45) is -0.299. The molecule has 0 bridgehead atoms. The van der Waals surface area contributed by atoms with E-state index in [9.17, 15) is 13.6 Å². The Bertz CT molecular complexity index is 244. The fourth-order valence-corrected chi connectivity index (χ4v) is 2.06. The monoisotopic (exact) mass is 220 g/mol. The van der Waals surface area contributed by atoms with E-state index in [1.165, 1.54) is 0 Å². The molecule has 1 aliphatic carbocycles. The lowest BCUT2D eigenvalue weighted by Gasteiger charge is -2.39. The number of nitrogens with two attached hydrogens (primary N) is 1. The van der Waals surface area contributed by atoms with Crippen LogP contribution in [-0.2, 0) is 4.79 Å². The van der Waals surface area contributed by atoms with Crippen molar-refractivity contribution in [1.29, 1.82) is 0 Å². The van der Waals surface area contributed by atoms with Crippen molar-refractivity contribution in [3.63, 3.8) is 0 Å². The van der Waals surface area contributed by atoms with Crippen molar-refractivity contribution in [3.05, 3.63) is 0 Å². The van der Waals surface area contributed by atoms with Crippen molar-refractivity contribution in [2.45, 2.75) is 57.0 Å². The molecule has 1 amide bonds. The minimum absolute atomic E-state index is 0.0595. The van der Waals surface area contributed by atoms with E-state index in [1.807, 2.05) is 13.8 Å². The molecule has 0 unspecified atom stereocenters. The van der Waals surface area contributed by atoms with Crippen molar-refractivity contribution < 1.29 is 13.6 Å². The molecular formula is C10H18F2N2O. The zero-order valence-electron chi connectivity index (χ0n) is 9.15. The molecule has 88 valence electrons. The molecule has 0 radical (unpaired) electrons. The van der Waals surface area contributed by atoms with Crippen LogP contribution in [0.25, 0.3) is 0 Å². The van der Waals surface area contributed by atoms with Gasteiger partial charge in [0.1, 0.15) is 0 Å². The summed E-state index contributed by atoms with van der Waals surface area (Å²) in [5, 5.41) is 3.02. The number of hydrogen-bond acceptors (Lipinski definition) is 2. The van der Waals surface area contributed by atoms with E-state index in [4.69, 9.17) is 5.73 Å². The highest BCUT2D eigenvalue weighted by atomic mass is 19.3. The smallest absolute Gasteiger partial charge is 0.248 e. The molecule has 0 atom stereocenters. The molecule has 1 fully saturated rings. The van der Waals surface area contributed by atoms with Crippen LogP contribution in [0.15, 0.2) is 0 Å². The quantitative estimate of drug-likeness (QED) is 0.755. The van der Waals surface area contributed by atoms with E-state index in [2.05, 4.69) is 5.32 Å². The summed E-state index contributed by atoms with van der Waals surface area (Å²) in [7, 11) is 0. The van der Waals surface area contributed by atoms with Gasteiger partial charge in [-0.05, 0) is 26.7 Å². The standard InChI is InChI=1S/C10H18F2N2O/c1-7(2)14-9(8(13)15)3-5-10(11,12)6-4-9/h7,14H,3-6H2,1-2H3,(H2,13,15). The van der Waals surface area contributed by atoms with E-state index < -0.39 is 17.4 Å². The number of halogens is 2. The summed E-state index contributed by atoms with van der Waals surface area (Å²) >= 11 is 0. The molecule has 0 aliphatic heterocycles.